The number of hydrogen-bond donors (Lipinski definition) is 2. The summed E-state index contributed by atoms with van der Waals surface area (Å²) in [5.41, 5.74) is 1.81. The Balaban J connectivity index is 2.06. The predicted molar refractivity (Wildman–Crippen MR) is 77.8 cm³/mol. The van der Waals surface area contributed by atoms with Crippen LogP contribution in [0.25, 0.3) is 0 Å². The van der Waals surface area contributed by atoms with Gasteiger partial charge in [0.15, 0.2) is 0 Å². The molecular formula is C15H25N3O2. The van der Waals surface area contributed by atoms with Crippen LogP contribution in [0.5, 0.6) is 0 Å². The van der Waals surface area contributed by atoms with Gasteiger partial charge in [0.05, 0.1) is 17.5 Å². The van der Waals surface area contributed by atoms with Crippen molar-refractivity contribution in [3.8, 4) is 0 Å². The fourth-order valence-electron chi connectivity index (χ4n) is 2.41. The smallest absolute Gasteiger partial charge is 0.254 e. The molecule has 1 aromatic heterocycles. The molecular weight excluding hydrogens is 254 g/mol. The van der Waals surface area contributed by atoms with Crippen molar-refractivity contribution in [1.82, 2.24) is 15.1 Å². The van der Waals surface area contributed by atoms with Gasteiger partial charge >= 0.3 is 0 Å². The zero-order chi connectivity index (χ0) is 14.7. The summed E-state index contributed by atoms with van der Waals surface area (Å²) in [6.07, 6.45) is 4.71. The van der Waals surface area contributed by atoms with E-state index in [0.717, 1.165) is 24.1 Å². The molecule has 0 aliphatic heterocycles. The molecule has 1 saturated carbocycles. The van der Waals surface area contributed by atoms with E-state index in [2.05, 4.69) is 24.3 Å². The predicted octanol–water partition coefficient (Wildman–Crippen LogP) is 2.09. The molecule has 1 fully saturated rings. The molecule has 20 heavy (non-hydrogen) atoms. The number of nitrogens with zero attached hydrogens (tertiary/aromatic N) is 2. The van der Waals surface area contributed by atoms with Crippen molar-refractivity contribution in [2.24, 2.45) is 5.92 Å². The summed E-state index contributed by atoms with van der Waals surface area (Å²) in [7, 11) is 0. The van der Waals surface area contributed by atoms with Gasteiger partial charge in [-0.2, -0.15) is 5.10 Å². The van der Waals surface area contributed by atoms with E-state index in [1.54, 1.807) is 6.20 Å². The largest absolute Gasteiger partial charge is 0.396 e. The Bertz CT molecular complexity index is 464. The molecule has 2 rings (SSSR count). The molecule has 1 aromatic rings. The third-order valence-corrected chi connectivity index (χ3v) is 3.76. The third-order valence-electron chi connectivity index (χ3n) is 3.76. The average Bonchev–Trinajstić information content (AvgIpc) is 3.14. The maximum absolute atomic E-state index is 12.3. The Morgan fingerprint density at radius 3 is 2.75 bits per heavy atom. The van der Waals surface area contributed by atoms with Crippen LogP contribution < -0.4 is 5.32 Å². The second-order valence-electron chi connectivity index (χ2n) is 6.08. The minimum Gasteiger partial charge on any atom is -0.396 e. The Morgan fingerprint density at radius 2 is 2.20 bits per heavy atom. The van der Waals surface area contributed by atoms with Gasteiger partial charge in [-0.05, 0) is 39.0 Å². The molecule has 0 spiro atoms. The maximum Gasteiger partial charge on any atom is 0.254 e. The van der Waals surface area contributed by atoms with E-state index < -0.39 is 0 Å². The number of nitrogens with one attached hydrogen (secondary N) is 1. The number of amides is 1. The summed E-state index contributed by atoms with van der Waals surface area (Å²) in [4.78, 5) is 12.3. The highest BCUT2D eigenvalue weighted by Gasteiger charge is 2.32. The lowest BCUT2D eigenvalue weighted by molar-refractivity contribution is 0.0944. The van der Waals surface area contributed by atoms with Crippen molar-refractivity contribution >= 4 is 5.91 Å². The van der Waals surface area contributed by atoms with Crippen LogP contribution in [0.3, 0.4) is 0 Å². The maximum atomic E-state index is 12.3. The molecule has 0 bridgehead atoms. The van der Waals surface area contributed by atoms with Gasteiger partial charge in [0.1, 0.15) is 0 Å². The van der Waals surface area contributed by atoms with E-state index in [1.165, 1.54) is 0 Å². The first-order valence-corrected chi connectivity index (χ1v) is 7.51. The Kier molecular flexibility index (Phi) is 4.81. The molecule has 112 valence electrons. The standard InChI is InChI=1S/C15H25N3O2/c1-10(2)18-14(12-4-5-12)13(9-17-18)15(20)16-8-11(3)6-7-19/h9-12,19H,4-8H2,1-3H3,(H,16,20). The van der Waals surface area contributed by atoms with Crippen LogP contribution in [0, 0.1) is 5.92 Å². The highest BCUT2D eigenvalue weighted by atomic mass is 16.3. The van der Waals surface area contributed by atoms with Gasteiger partial charge in [-0.1, -0.05) is 6.92 Å². The molecule has 2 N–H and O–H groups in total. The summed E-state index contributed by atoms with van der Waals surface area (Å²) in [6.45, 7) is 6.95. The lowest BCUT2D eigenvalue weighted by atomic mass is 10.1. The van der Waals surface area contributed by atoms with Crippen LogP contribution in [0.4, 0.5) is 0 Å². The van der Waals surface area contributed by atoms with Crippen molar-refractivity contribution in [2.45, 2.75) is 52.0 Å². The number of rotatable bonds is 7. The normalized spacial score (nSPS) is 16.4. The summed E-state index contributed by atoms with van der Waals surface area (Å²) >= 11 is 0. The first-order chi connectivity index (χ1) is 9.54. The lowest BCUT2D eigenvalue weighted by Crippen LogP contribution is -2.29. The van der Waals surface area contributed by atoms with Gasteiger partial charge in [0.25, 0.3) is 5.91 Å². The monoisotopic (exact) mass is 279 g/mol. The third kappa shape index (κ3) is 3.39. The lowest BCUT2D eigenvalue weighted by Gasteiger charge is -2.13. The Hall–Kier alpha value is -1.36. The van der Waals surface area contributed by atoms with E-state index in [4.69, 9.17) is 5.11 Å². The second kappa shape index (κ2) is 6.39. The molecule has 1 unspecified atom stereocenters. The van der Waals surface area contributed by atoms with Crippen LogP contribution in [-0.4, -0.2) is 33.9 Å². The van der Waals surface area contributed by atoms with E-state index in [0.29, 0.717) is 18.9 Å². The van der Waals surface area contributed by atoms with Crippen molar-refractivity contribution < 1.29 is 9.90 Å². The minimum atomic E-state index is -0.0383. The van der Waals surface area contributed by atoms with E-state index in [9.17, 15) is 4.79 Å². The number of aromatic nitrogens is 2. The summed E-state index contributed by atoms with van der Waals surface area (Å²) < 4.78 is 1.98. The number of aliphatic hydroxyl groups is 1. The average molecular weight is 279 g/mol. The highest BCUT2D eigenvalue weighted by Crippen LogP contribution is 2.42. The summed E-state index contributed by atoms with van der Waals surface area (Å²) in [5, 5.41) is 16.2. The number of hydrogen-bond acceptors (Lipinski definition) is 3. The number of carbonyl (C=O) groups is 1. The zero-order valence-corrected chi connectivity index (χ0v) is 12.6. The van der Waals surface area contributed by atoms with Gasteiger partial charge < -0.3 is 10.4 Å². The molecule has 0 aromatic carbocycles. The van der Waals surface area contributed by atoms with Gasteiger partial charge in [0, 0.05) is 25.1 Å². The van der Waals surface area contributed by atoms with E-state index in [1.807, 2.05) is 11.6 Å². The first-order valence-electron chi connectivity index (χ1n) is 7.51. The Labute approximate surface area is 120 Å². The minimum absolute atomic E-state index is 0.0383. The molecule has 0 radical (unpaired) electrons. The van der Waals surface area contributed by atoms with Gasteiger partial charge in [-0.25, -0.2) is 0 Å². The quantitative estimate of drug-likeness (QED) is 0.803. The van der Waals surface area contributed by atoms with Crippen LogP contribution in [-0.2, 0) is 0 Å². The first kappa shape index (κ1) is 15.0. The topological polar surface area (TPSA) is 67.2 Å². The molecule has 0 saturated heterocycles. The van der Waals surface area contributed by atoms with Crippen LogP contribution in [0.1, 0.15) is 68.0 Å². The van der Waals surface area contributed by atoms with Crippen molar-refractivity contribution in [2.75, 3.05) is 13.2 Å². The fourth-order valence-corrected chi connectivity index (χ4v) is 2.41. The van der Waals surface area contributed by atoms with E-state index >= 15 is 0 Å². The highest BCUT2D eigenvalue weighted by molar-refractivity contribution is 5.95. The summed E-state index contributed by atoms with van der Waals surface area (Å²) in [6, 6.07) is 0.278. The number of carbonyl (C=O) groups excluding carboxylic acids is 1. The van der Waals surface area contributed by atoms with Crippen molar-refractivity contribution in [3.05, 3.63) is 17.5 Å². The van der Waals surface area contributed by atoms with Gasteiger partial charge in [-0.15, -0.1) is 0 Å². The molecule has 1 heterocycles. The van der Waals surface area contributed by atoms with Crippen LogP contribution >= 0.6 is 0 Å². The van der Waals surface area contributed by atoms with Gasteiger partial charge in [-0.3, -0.25) is 9.48 Å². The summed E-state index contributed by atoms with van der Waals surface area (Å²) in [5.74, 6) is 0.743. The molecule has 1 amide bonds. The SMILES string of the molecule is CC(CCO)CNC(=O)c1cnn(C(C)C)c1C1CC1. The molecule has 5 nitrogen and oxygen atoms in total. The molecule has 1 aliphatic rings. The number of aliphatic hydroxyl groups excluding tert-OH is 1. The Morgan fingerprint density at radius 1 is 1.50 bits per heavy atom. The van der Waals surface area contributed by atoms with Crippen molar-refractivity contribution in [3.63, 3.8) is 0 Å². The van der Waals surface area contributed by atoms with Crippen LogP contribution in [0.2, 0.25) is 0 Å². The second-order valence-corrected chi connectivity index (χ2v) is 6.08. The molecule has 5 heteroatoms. The van der Waals surface area contributed by atoms with Crippen LogP contribution in [0.15, 0.2) is 6.20 Å². The van der Waals surface area contributed by atoms with Crippen molar-refractivity contribution in [1.29, 1.82) is 0 Å². The molecule has 1 atom stereocenters. The van der Waals surface area contributed by atoms with Gasteiger partial charge in [0.2, 0.25) is 0 Å². The fraction of sp³-hybridized carbons (Fsp3) is 0.733. The van der Waals surface area contributed by atoms with E-state index in [-0.39, 0.29) is 24.5 Å². The molecule has 1 aliphatic carbocycles. The zero-order valence-electron chi connectivity index (χ0n) is 12.6.